The summed E-state index contributed by atoms with van der Waals surface area (Å²) in [6, 6.07) is 7.53. The fraction of sp³-hybridized carbons (Fsp3) is 0.333. The lowest BCUT2D eigenvalue weighted by molar-refractivity contribution is 0.221. The summed E-state index contributed by atoms with van der Waals surface area (Å²) in [7, 11) is 0. The quantitative estimate of drug-likeness (QED) is 0.380. The predicted octanol–water partition coefficient (Wildman–Crippen LogP) is 3.19. The molecule has 0 radical (unpaired) electrons. The van der Waals surface area contributed by atoms with Gasteiger partial charge < -0.3 is 27.0 Å². The van der Waals surface area contributed by atoms with Crippen molar-refractivity contribution < 1.29 is 9.84 Å². The molecule has 0 fully saturated rings. The molecule has 0 bridgehead atoms. The van der Waals surface area contributed by atoms with Crippen molar-refractivity contribution in [2.24, 2.45) is 17.2 Å². The third kappa shape index (κ3) is 6.78. The molecule has 5 nitrogen and oxygen atoms in total. The number of hydrogen-bond acceptors (Lipinski definition) is 5. The van der Waals surface area contributed by atoms with E-state index in [1.807, 2.05) is 38.1 Å². The second-order valence-electron chi connectivity index (χ2n) is 5.94. The molecule has 0 spiro atoms. The number of hydrogen-bond donors (Lipinski definition) is 4. The Bertz CT molecular complexity index is 673. The minimum Gasteiger partial charge on any atom is -0.508 e. The van der Waals surface area contributed by atoms with Gasteiger partial charge in [-0.05, 0) is 36.6 Å². The van der Waals surface area contributed by atoms with Crippen molar-refractivity contribution in [3.8, 4) is 0 Å². The maximum atomic E-state index is 10.1. The molecule has 26 heavy (non-hydrogen) atoms. The molecule has 0 aliphatic heterocycles. The average Bonchev–Trinajstić information content (AvgIpc) is 2.62. The van der Waals surface area contributed by atoms with Crippen LogP contribution in [0.4, 0.5) is 0 Å². The van der Waals surface area contributed by atoms with E-state index in [2.05, 4.69) is 6.58 Å². The molecule has 1 atom stereocenters. The largest absolute Gasteiger partial charge is 0.508 e. The Hall–Kier alpha value is -2.50. The van der Waals surface area contributed by atoms with E-state index in [0.717, 1.165) is 24.0 Å². The summed E-state index contributed by atoms with van der Waals surface area (Å²) < 4.78 is 5.77. The predicted molar refractivity (Wildman–Crippen MR) is 108 cm³/mol. The molecule has 5 heteroatoms. The maximum absolute atomic E-state index is 10.1. The number of ether oxygens (including phenoxy) is 1. The van der Waals surface area contributed by atoms with E-state index in [0.29, 0.717) is 30.2 Å². The van der Waals surface area contributed by atoms with Crippen molar-refractivity contribution in [2.75, 3.05) is 6.61 Å². The summed E-state index contributed by atoms with van der Waals surface area (Å²) in [6.07, 6.45) is 6.61. The van der Waals surface area contributed by atoms with E-state index in [1.165, 1.54) is 0 Å². The number of aliphatic hydroxyl groups excluding tert-OH is 1. The van der Waals surface area contributed by atoms with Crippen LogP contribution in [0.5, 0.6) is 0 Å². The van der Waals surface area contributed by atoms with Gasteiger partial charge in [0.15, 0.2) is 0 Å². The van der Waals surface area contributed by atoms with Crippen LogP contribution < -0.4 is 17.2 Å². The SMILES string of the molecule is C=C(N)/C(=C\C(N)C(=C/C)/C(O)=C\CC)OCCc1ccc(CN)cc1. The minimum atomic E-state index is -0.540. The molecule has 142 valence electrons. The van der Waals surface area contributed by atoms with Gasteiger partial charge in [0, 0.05) is 18.5 Å². The number of nitrogens with two attached hydrogens (primary N) is 3. The van der Waals surface area contributed by atoms with Gasteiger partial charge in [0.25, 0.3) is 0 Å². The Labute approximate surface area is 156 Å². The lowest BCUT2D eigenvalue weighted by Gasteiger charge is -2.16. The van der Waals surface area contributed by atoms with Crippen molar-refractivity contribution in [3.63, 3.8) is 0 Å². The third-order valence-corrected chi connectivity index (χ3v) is 3.92. The topological polar surface area (TPSA) is 108 Å². The van der Waals surface area contributed by atoms with Crippen molar-refractivity contribution in [1.29, 1.82) is 0 Å². The smallest absolute Gasteiger partial charge is 0.139 e. The zero-order valence-electron chi connectivity index (χ0n) is 15.7. The van der Waals surface area contributed by atoms with Gasteiger partial charge >= 0.3 is 0 Å². The summed E-state index contributed by atoms with van der Waals surface area (Å²) in [5.74, 6) is 0.598. The molecule has 1 aromatic carbocycles. The van der Waals surface area contributed by atoms with Crippen molar-refractivity contribution >= 4 is 0 Å². The van der Waals surface area contributed by atoms with Crippen LogP contribution in [0.2, 0.25) is 0 Å². The van der Waals surface area contributed by atoms with E-state index in [4.69, 9.17) is 21.9 Å². The van der Waals surface area contributed by atoms with Gasteiger partial charge in [0.2, 0.25) is 0 Å². The summed E-state index contributed by atoms with van der Waals surface area (Å²) in [6.45, 7) is 8.48. The van der Waals surface area contributed by atoms with E-state index in [1.54, 1.807) is 18.2 Å². The second-order valence-corrected chi connectivity index (χ2v) is 5.94. The monoisotopic (exact) mass is 357 g/mol. The van der Waals surface area contributed by atoms with Gasteiger partial charge in [-0.15, -0.1) is 0 Å². The standard InChI is InChI=1S/C21H31N3O2/c1-4-6-20(25)18(5-2)19(24)13-21(15(3)23)26-12-11-16-7-9-17(14-22)10-8-16/h5-10,13,19,25H,3-4,11-12,14,22-24H2,1-2H3/b18-5-,20-6+,21-13+. The van der Waals surface area contributed by atoms with Crippen molar-refractivity contribution in [1.82, 2.24) is 0 Å². The number of allylic oxidation sites excluding steroid dienone is 2. The highest BCUT2D eigenvalue weighted by molar-refractivity contribution is 5.35. The van der Waals surface area contributed by atoms with E-state index in [9.17, 15) is 5.11 Å². The van der Waals surface area contributed by atoms with Crippen LogP contribution in [0, 0.1) is 0 Å². The van der Waals surface area contributed by atoms with Crippen LogP contribution in [0.15, 0.2) is 71.9 Å². The normalized spacial score (nSPS) is 14.2. The lowest BCUT2D eigenvalue weighted by Crippen LogP contribution is -2.23. The van der Waals surface area contributed by atoms with E-state index >= 15 is 0 Å². The van der Waals surface area contributed by atoms with Crippen LogP contribution in [-0.2, 0) is 17.7 Å². The summed E-state index contributed by atoms with van der Waals surface area (Å²) in [5.41, 5.74) is 20.8. The Balaban J connectivity index is 2.76. The summed E-state index contributed by atoms with van der Waals surface area (Å²) in [4.78, 5) is 0. The van der Waals surface area contributed by atoms with Crippen molar-refractivity contribution in [2.45, 2.75) is 39.3 Å². The van der Waals surface area contributed by atoms with Gasteiger partial charge in [-0.3, -0.25) is 0 Å². The fourth-order valence-electron chi connectivity index (χ4n) is 2.44. The first kappa shape index (κ1) is 21.5. The number of rotatable bonds is 10. The van der Waals surface area contributed by atoms with Gasteiger partial charge in [-0.2, -0.15) is 0 Å². The number of aliphatic hydroxyl groups is 1. The summed E-state index contributed by atoms with van der Waals surface area (Å²) >= 11 is 0. The molecule has 7 N–H and O–H groups in total. The Morgan fingerprint density at radius 2 is 1.88 bits per heavy atom. The van der Waals surface area contributed by atoms with Crippen LogP contribution >= 0.6 is 0 Å². The third-order valence-electron chi connectivity index (χ3n) is 3.92. The van der Waals surface area contributed by atoms with Crippen LogP contribution in [0.25, 0.3) is 0 Å². The van der Waals surface area contributed by atoms with Crippen LogP contribution in [0.3, 0.4) is 0 Å². The Morgan fingerprint density at radius 3 is 2.38 bits per heavy atom. The first-order valence-electron chi connectivity index (χ1n) is 8.81. The van der Waals surface area contributed by atoms with Crippen molar-refractivity contribution in [3.05, 3.63) is 83.0 Å². The van der Waals surface area contributed by atoms with Crippen LogP contribution in [0.1, 0.15) is 31.4 Å². The average molecular weight is 357 g/mol. The molecule has 0 heterocycles. The maximum Gasteiger partial charge on any atom is 0.139 e. The van der Waals surface area contributed by atoms with E-state index in [-0.39, 0.29) is 5.76 Å². The molecule has 0 aliphatic rings. The minimum absolute atomic E-state index is 0.167. The molecule has 0 aliphatic carbocycles. The number of benzene rings is 1. The zero-order chi connectivity index (χ0) is 19.5. The highest BCUT2D eigenvalue weighted by Gasteiger charge is 2.13. The second kappa shape index (κ2) is 11.2. The van der Waals surface area contributed by atoms with Gasteiger partial charge in [0.1, 0.15) is 11.5 Å². The molecular formula is C21H31N3O2. The molecule has 0 saturated heterocycles. The zero-order valence-corrected chi connectivity index (χ0v) is 15.7. The van der Waals surface area contributed by atoms with E-state index < -0.39 is 6.04 Å². The molecule has 0 amide bonds. The summed E-state index contributed by atoms with van der Waals surface area (Å²) in [5, 5.41) is 10.1. The van der Waals surface area contributed by atoms with Crippen LogP contribution in [-0.4, -0.2) is 17.8 Å². The van der Waals surface area contributed by atoms with Gasteiger partial charge in [-0.1, -0.05) is 43.8 Å². The molecule has 0 saturated carbocycles. The highest BCUT2D eigenvalue weighted by atomic mass is 16.5. The molecule has 1 aromatic rings. The Morgan fingerprint density at radius 1 is 1.27 bits per heavy atom. The lowest BCUT2D eigenvalue weighted by atomic mass is 10.0. The first-order valence-corrected chi connectivity index (χ1v) is 8.81. The highest BCUT2D eigenvalue weighted by Crippen LogP contribution is 2.16. The fourth-order valence-corrected chi connectivity index (χ4v) is 2.44. The Kier molecular flexibility index (Phi) is 9.26. The molecule has 1 unspecified atom stereocenters. The molecule has 1 rings (SSSR count). The molecular weight excluding hydrogens is 326 g/mol. The van der Waals surface area contributed by atoms with Gasteiger partial charge in [0.05, 0.1) is 18.3 Å². The first-order chi connectivity index (χ1) is 12.4. The van der Waals surface area contributed by atoms with Gasteiger partial charge in [-0.25, -0.2) is 0 Å². The molecule has 0 aromatic heterocycles.